The monoisotopic (exact) mass is 454 g/mol. The quantitative estimate of drug-likeness (QED) is 0.534. The van der Waals surface area contributed by atoms with E-state index in [-0.39, 0.29) is 11.8 Å². The molecule has 3 aromatic rings. The Labute approximate surface area is 192 Å². The van der Waals surface area contributed by atoms with Crippen LogP contribution in [0.2, 0.25) is 5.02 Å². The molecule has 32 heavy (non-hydrogen) atoms. The minimum atomic E-state index is -0.651. The summed E-state index contributed by atoms with van der Waals surface area (Å²) in [6.45, 7) is 4.26. The SMILES string of the molecule is Cc1cc(NC(=O)[13c]2[13cH][13cH][13cH][13cH][13c]2C)ccc1C(=O)N1CCCC(O)c2cc(Cl)ccc21. The van der Waals surface area contributed by atoms with Crippen molar-refractivity contribution in [1.82, 2.24) is 0 Å². The first-order chi connectivity index (χ1) is 15.3. The molecule has 0 aromatic heterocycles. The number of aryl methyl sites for hydroxylation is 2. The fourth-order valence-corrected chi connectivity index (χ4v) is 4.30. The van der Waals surface area contributed by atoms with Gasteiger partial charge in [-0.15, -0.1) is 0 Å². The maximum Gasteiger partial charge on any atom is 0.258 e. The van der Waals surface area contributed by atoms with Crippen LogP contribution < -0.4 is 10.2 Å². The first-order valence-electron chi connectivity index (χ1n) is 10.6. The molecule has 0 saturated carbocycles. The van der Waals surface area contributed by atoms with Crippen LogP contribution in [0, 0.1) is 13.8 Å². The Morgan fingerprint density at radius 1 is 1.00 bits per heavy atom. The number of nitrogens with one attached hydrogen (secondary N) is 1. The van der Waals surface area contributed by atoms with Crippen molar-refractivity contribution in [2.75, 3.05) is 16.8 Å². The van der Waals surface area contributed by atoms with Gasteiger partial charge in [0.2, 0.25) is 0 Å². The van der Waals surface area contributed by atoms with E-state index in [9.17, 15) is 14.7 Å². The summed E-state index contributed by atoms with van der Waals surface area (Å²) in [5.74, 6) is -0.328. The maximum absolute atomic E-state index is 13.5. The van der Waals surface area contributed by atoms with Crippen molar-refractivity contribution in [3.8, 4) is 0 Å². The first kappa shape index (κ1) is 22.1. The number of aliphatic hydroxyl groups is 1. The minimum Gasteiger partial charge on any atom is -0.388 e. The lowest BCUT2D eigenvalue weighted by Crippen LogP contribution is -2.32. The third-order valence-corrected chi connectivity index (χ3v) is 6.08. The number of rotatable bonds is 3. The molecule has 3 aromatic carbocycles. The van der Waals surface area contributed by atoms with E-state index in [1.807, 2.05) is 32.0 Å². The van der Waals surface area contributed by atoms with Crippen LogP contribution in [0.3, 0.4) is 0 Å². The molecule has 2 N–H and O–H groups in total. The molecule has 0 spiro atoms. The Bertz CT molecular complexity index is 1190. The Balaban J connectivity index is 1.60. The lowest BCUT2D eigenvalue weighted by atomic mass is 10.0. The number of hydrogen-bond acceptors (Lipinski definition) is 3. The predicted octanol–water partition coefficient (Wildman–Crippen LogP) is 5.68. The summed E-state index contributed by atoms with van der Waals surface area (Å²) >= 11 is 6.13. The second-order valence-electron chi connectivity index (χ2n) is 8.12. The molecule has 1 unspecified atom stereocenters. The number of fused-ring (bicyclic) bond motifs is 1. The number of carbonyl (C=O) groups excluding carboxylic acids is 2. The summed E-state index contributed by atoms with van der Waals surface area (Å²) in [6, 6.07) is 17.9. The Morgan fingerprint density at radius 2 is 1.78 bits per heavy atom. The summed E-state index contributed by atoms with van der Waals surface area (Å²) < 4.78 is 0. The highest BCUT2D eigenvalue weighted by Crippen LogP contribution is 2.36. The van der Waals surface area contributed by atoms with Gasteiger partial charge in [0, 0.05) is 39.6 Å². The van der Waals surface area contributed by atoms with E-state index >= 15 is 0 Å². The van der Waals surface area contributed by atoms with Crippen LogP contribution in [-0.4, -0.2) is 23.5 Å². The summed E-state index contributed by atoms with van der Waals surface area (Å²) in [5.41, 5.74) is 4.81. The number of amides is 2. The van der Waals surface area contributed by atoms with E-state index < -0.39 is 6.10 Å². The molecule has 164 valence electrons. The van der Waals surface area contributed by atoms with Gasteiger partial charge in [-0.2, -0.15) is 0 Å². The maximum atomic E-state index is 13.5. The number of hydrogen-bond donors (Lipinski definition) is 2. The van der Waals surface area contributed by atoms with E-state index in [1.54, 1.807) is 47.4 Å². The number of halogens is 1. The topological polar surface area (TPSA) is 69.6 Å². The molecule has 0 aliphatic carbocycles. The number of aliphatic hydroxyl groups excluding tert-OH is 1. The second kappa shape index (κ2) is 9.15. The van der Waals surface area contributed by atoms with Gasteiger partial charge in [-0.25, -0.2) is 0 Å². The minimum absolute atomic E-state index is 0.142. The van der Waals surface area contributed by atoms with Gasteiger partial charge in [-0.1, -0.05) is 29.8 Å². The number of carbonyl (C=O) groups is 2. The molecule has 1 aliphatic rings. The molecule has 4 rings (SSSR count). The first-order valence-corrected chi connectivity index (χ1v) is 11.0. The highest BCUT2D eigenvalue weighted by molar-refractivity contribution is 6.30. The van der Waals surface area contributed by atoms with Crippen LogP contribution in [0.25, 0.3) is 0 Å². The lowest BCUT2D eigenvalue weighted by molar-refractivity contribution is 0.0985. The molecule has 0 fully saturated rings. The van der Waals surface area contributed by atoms with Crippen LogP contribution >= 0.6 is 11.6 Å². The zero-order chi connectivity index (χ0) is 22.8. The van der Waals surface area contributed by atoms with Gasteiger partial charge in [0.05, 0.1) is 6.10 Å². The van der Waals surface area contributed by atoms with Gasteiger partial charge in [0.15, 0.2) is 0 Å². The summed E-state index contributed by atoms with van der Waals surface area (Å²) in [6.07, 6.45) is 0.602. The molecular weight excluding hydrogens is 430 g/mol. The van der Waals surface area contributed by atoms with Crippen molar-refractivity contribution in [2.24, 2.45) is 0 Å². The highest BCUT2D eigenvalue weighted by atomic mass is 35.5. The third kappa shape index (κ3) is 4.40. The molecule has 1 aliphatic heterocycles. The largest absolute Gasteiger partial charge is 0.388 e. The van der Waals surface area contributed by atoms with Gasteiger partial charge < -0.3 is 15.3 Å². The summed E-state index contributed by atoms with van der Waals surface area (Å²) in [5, 5.41) is 13.9. The normalized spacial score (nSPS) is 15.6. The molecule has 0 saturated heterocycles. The van der Waals surface area contributed by atoms with E-state index in [0.717, 1.165) is 11.1 Å². The van der Waals surface area contributed by atoms with Crippen molar-refractivity contribution in [2.45, 2.75) is 32.8 Å². The molecule has 5 nitrogen and oxygen atoms in total. The van der Waals surface area contributed by atoms with Crippen LogP contribution in [0.4, 0.5) is 11.4 Å². The molecule has 6 heteroatoms. The van der Waals surface area contributed by atoms with Gasteiger partial charge in [-0.3, -0.25) is 9.59 Å². The molecule has 0 radical (unpaired) electrons. The Morgan fingerprint density at radius 3 is 2.53 bits per heavy atom. The predicted molar refractivity (Wildman–Crippen MR) is 128 cm³/mol. The summed E-state index contributed by atoms with van der Waals surface area (Å²) in [4.78, 5) is 27.8. The van der Waals surface area contributed by atoms with Crippen molar-refractivity contribution in [3.63, 3.8) is 0 Å². The van der Waals surface area contributed by atoms with Crippen molar-refractivity contribution in [1.29, 1.82) is 0 Å². The number of nitrogens with zero attached hydrogens (tertiary/aromatic N) is 1. The number of anilines is 2. The van der Waals surface area contributed by atoms with Gasteiger partial charge in [0.1, 0.15) is 0 Å². The molecule has 0 bridgehead atoms. The van der Waals surface area contributed by atoms with Gasteiger partial charge in [-0.05, 0) is 80.3 Å². The third-order valence-electron chi connectivity index (χ3n) is 5.85. The van der Waals surface area contributed by atoms with Crippen LogP contribution in [0.5, 0.6) is 0 Å². The van der Waals surface area contributed by atoms with Crippen LogP contribution in [0.1, 0.15) is 56.4 Å². The van der Waals surface area contributed by atoms with Gasteiger partial charge >= 0.3 is 0 Å². The standard InChI is InChI=1S/C26H25ClN2O3/c1-16-6-3-4-7-20(16)25(31)28-19-10-11-21(17(2)14-19)26(32)29-13-5-8-24(30)22-15-18(27)9-12-23(22)29/h3-4,6-7,9-12,14-15,24,30H,5,8,13H2,1-2H3,(H,28,31)/i3+1,4+1,6+1,7+1,16+1,20+1. The molecule has 1 heterocycles. The second-order valence-corrected chi connectivity index (χ2v) is 8.55. The molecule has 1 atom stereocenters. The van der Waals surface area contributed by atoms with E-state index in [1.165, 1.54) is 0 Å². The average molecular weight is 455 g/mol. The van der Waals surface area contributed by atoms with Crippen LogP contribution in [-0.2, 0) is 0 Å². The zero-order valence-corrected chi connectivity index (χ0v) is 18.8. The van der Waals surface area contributed by atoms with E-state index in [4.69, 9.17) is 11.6 Å². The van der Waals surface area contributed by atoms with Crippen LogP contribution in [0.15, 0.2) is 60.7 Å². The average Bonchev–Trinajstić information content (AvgIpc) is 2.92. The van der Waals surface area contributed by atoms with E-state index in [0.29, 0.717) is 52.5 Å². The molecular formula is C26H25ClN2O3. The van der Waals surface area contributed by atoms with Crippen molar-refractivity contribution >= 4 is 34.8 Å². The number of benzene rings is 3. The molecule has 2 amide bonds. The fourth-order valence-electron chi connectivity index (χ4n) is 4.12. The van der Waals surface area contributed by atoms with E-state index in [2.05, 4.69) is 5.32 Å². The fraction of sp³-hybridized carbons (Fsp3) is 0.231. The van der Waals surface area contributed by atoms with Gasteiger partial charge in [0.25, 0.3) is 11.8 Å². The summed E-state index contributed by atoms with van der Waals surface area (Å²) in [7, 11) is 0. The van der Waals surface area contributed by atoms with Crippen molar-refractivity contribution in [3.05, 3.63) is 93.5 Å². The lowest BCUT2D eigenvalue weighted by Gasteiger charge is -2.24. The zero-order valence-electron chi connectivity index (χ0n) is 18.1. The smallest absolute Gasteiger partial charge is 0.258 e. The van der Waals surface area contributed by atoms with Crippen molar-refractivity contribution < 1.29 is 14.7 Å². The Kier molecular flexibility index (Phi) is 6.31. The highest BCUT2D eigenvalue weighted by Gasteiger charge is 2.27. The Hall–Kier alpha value is -3.15.